The van der Waals surface area contributed by atoms with Crippen molar-refractivity contribution >= 4 is 23.1 Å². The van der Waals surface area contributed by atoms with Crippen molar-refractivity contribution in [2.45, 2.75) is 50.5 Å². The van der Waals surface area contributed by atoms with Gasteiger partial charge in [0.1, 0.15) is 6.61 Å². The van der Waals surface area contributed by atoms with Crippen LogP contribution in [-0.4, -0.2) is 45.3 Å². The Morgan fingerprint density at radius 1 is 1.17 bits per heavy atom. The van der Waals surface area contributed by atoms with Crippen LogP contribution in [0.3, 0.4) is 0 Å². The highest BCUT2D eigenvalue weighted by Gasteiger charge is 2.42. The molecule has 1 aliphatic carbocycles. The molecular formula is C28H31NO6S. The fraction of sp³-hybridized carbons (Fsp3) is 0.429. The molecule has 2 aromatic rings. The highest BCUT2D eigenvalue weighted by Crippen LogP contribution is 2.47. The summed E-state index contributed by atoms with van der Waals surface area (Å²) in [4.78, 5) is 28.4. The second-order valence-electron chi connectivity index (χ2n) is 9.38. The second-order valence-corrected chi connectivity index (χ2v) is 10.4. The third-order valence-electron chi connectivity index (χ3n) is 7.16. The van der Waals surface area contributed by atoms with Gasteiger partial charge in [0.25, 0.3) is 0 Å². The highest BCUT2D eigenvalue weighted by atomic mass is 32.1. The first kappa shape index (κ1) is 24.6. The fourth-order valence-electron chi connectivity index (χ4n) is 5.42. The summed E-state index contributed by atoms with van der Waals surface area (Å²) >= 11 is 1.67. The van der Waals surface area contributed by atoms with Gasteiger partial charge in [0.15, 0.2) is 17.3 Å². The molecule has 1 saturated heterocycles. The molecule has 3 heterocycles. The van der Waals surface area contributed by atoms with E-state index in [0.29, 0.717) is 47.8 Å². The number of carbonyl (C=O) groups excluding carboxylic acids is 2. The maximum Gasteiger partial charge on any atom is 0.336 e. The van der Waals surface area contributed by atoms with Crippen molar-refractivity contribution in [3.8, 4) is 11.5 Å². The highest BCUT2D eigenvalue weighted by molar-refractivity contribution is 7.10. The van der Waals surface area contributed by atoms with Gasteiger partial charge in [-0.05, 0) is 55.3 Å². The minimum absolute atomic E-state index is 0.0406. The number of nitrogens with one attached hydrogen (secondary N) is 1. The van der Waals surface area contributed by atoms with Gasteiger partial charge in [0, 0.05) is 46.7 Å². The van der Waals surface area contributed by atoms with Gasteiger partial charge in [-0.1, -0.05) is 12.1 Å². The summed E-state index contributed by atoms with van der Waals surface area (Å²) in [6.07, 6.45) is 2.88. The predicted octanol–water partition coefficient (Wildman–Crippen LogP) is 4.85. The summed E-state index contributed by atoms with van der Waals surface area (Å²) in [5, 5.41) is 5.44. The molecule has 0 spiro atoms. The number of ether oxygens (including phenoxy) is 4. The molecule has 0 bridgehead atoms. The van der Waals surface area contributed by atoms with Gasteiger partial charge in [-0.15, -0.1) is 11.3 Å². The monoisotopic (exact) mass is 509 g/mol. The van der Waals surface area contributed by atoms with E-state index in [1.54, 1.807) is 25.6 Å². The smallest absolute Gasteiger partial charge is 0.336 e. The van der Waals surface area contributed by atoms with Crippen LogP contribution in [0.4, 0.5) is 0 Å². The molecule has 7 nitrogen and oxygen atoms in total. The Morgan fingerprint density at radius 3 is 2.69 bits per heavy atom. The summed E-state index contributed by atoms with van der Waals surface area (Å²) in [7, 11) is 3.15. The van der Waals surface area contributed by atoms with Crippen molar-refractivity contribution in [3.05, 3.63) is 68.7 Å². The first-order valence-corrected chi connectivity index (χ1v) is 13.2. The standard InChI is InChI=1S/C28H31NO6S/c1-16-25(28(31)35-15-19-6-4-10-34-19)26(17-8-9-22(32-2)23(14-17)33-3)27-20(29-16)12-18(13-21(27)30)24-7-5-11-36-24/h5,7-9,11,14,18-19,26,29H,4,6,10,12-13,15H2,1-3H3/t18-,19+,26-/m1/s1. The largest absolute Gasteiger partial charge is 0.493 e. The quantitative estimate of drug-likeness (QED) is 0.534. The van der Waals surface area contributed by atoms with Crippen LogP contribution >= 0.6 is 11.3 Å². The molecule has 0 saturated carbocycles. The molecule has 36 heavy (non-hydrogen) atoms. The normalized spacial score (nSPS) is 23.9. The molecule has 1 aromatic carbocycles. The number of dihydropyridines is 1. The summed E-state index contributed by atoms with van der Waals surface area (Å²) in [5.74, 6) is 0.291. The third-order valence-corrected chi connectivity index (χ3v) is 8.19. The number of methoxy groups -OCH3 is 2. The minimum atomic E-state index is -0.560. The van der Waals surface area contributed by atoms with E-state index in [1.165, 1.54) is 4.88 Å². The number of hydrogen-bond acceptors (Lipinski definition) is 8. The molecular weight excluding hydrogens is 478 g/mol. The van der Waals surface area contributed by atoms with Crippen LogP contribution in [0.5, 0.6) is 11.5 Å². The lowest BCUT2D eigenvalue weighted by molar-refractivity contribution is -0.142. The molecule has 3 aliphatic rings. The lowest BCUT2D eigenvalue weighted by atomic mass is 9.72. The number of Topliss-reactive ketones (excluding diaryl/α,β-unsaturated/α-hetero) is 1. The topological polar surface area (TPSA) is 83.1 Å². The van der Waals surface area contributed by atoms with E-state index in [9.17, 15) is 9.59 Å². The molecule has 2 aliphatic heterocycles. The zero-order valence-electron chi connectivity index (χ0n) is 20.8. The second kappa shape index (κ2) is 10.5. The first-order valence-electron chi connectivity index (χ1n) is 12.3. The molecule has 1 fully saturated rings. The van der Waals surface area contributed by atoms with Crippen LogP contribution in [0.25, 0.3) is 0 Å². The average molecular weight is 510 g/mol. The van der Waals surface area contributed by atoms with E-state index >= 15 is 0 Å². The van der Waals surface area contributed by atoms with Gasteiger partial charge in [-0.3, -0.25) is 4.79 Å². The van der Waals surface area contributed by atoms with Crippen molar-refractivity contribution in [2.24, 2.45) is 0 Å². The number of carbonyl (C=O) groups is 2. The minimum Gasteiger partial charge on any atom is -0.493 e. The van der Waals surface area contributed by atoms with E-state index in [4.69, 9.17) is 18.9 Å². The van der Waals surface area contributed by atoms with Gasteiger partial charge in [-0.25, -0.2) is 4.79 Å². The summed E-state index contributed by atoms with van der Waals surface area (Å²) in [6.45, 7) is 2.77. The molecule has 0 radical (unpaired) electrons. The van der Waals surface area contributed by atoms with Crippen LogP contribution in [0.2, 0.25) is 0 Å². The Morgan fingerprint density at radius 2 is 2.00 bits per heavy atom. The Labute approximate surface area is 215 Å². The molecule has 0 unspecified atom stereocenters. The van der Waals surface area contributed by atoms with Gasteiger partial charge in [0.2, 0.25) is 0 Å². The van der Waals surface area contributed by atoms with Crippen molar-refractivity contribution in [3.63, 3.8) is 0 Å². The SMILES string of the molecule is COc1ccc([C@@H]2C(C(=O)OC[C@@H]3CCCO3)=C(C)NC3=C2C(=O)C[C@H](c2cccs2)C3)cc1OC. The van der Waals surface area contributed by atoms with Gasteiger partial charge < -0.3 is 24.3 Å². The van der Waals surface area contributed by atoms with Crippen molar-refractivity contribution in [1.29, 1.82) is 0 Å². The first-order chi connectivity index (χ1) is 17.5. The van der Waals surface area contributed by atoms with E-state index in [0.717, 1.165) is 24.1 Å². The van der Waals surface area contributed by atoms with Crippen molar-refractivity contribution in [1.82, 2.24) is 5.32 Å². The molecule has 0 amide bonds. The van der Waals surface area contributed by atoms with Crippen LogP contribution in [0, 0.1) is 0 Å². The van der Waals surface area contributed by atoms with Crippen LogP contribution in [0.15, 0.2) is 58.3 Å². The summed E-state index contributed by atoms with van der Waals surface area (Å²) < 4.78 is 22.3. The zero-order valence-corrected chi connectivity index (χ0v) is 21.6. The Hall–Kier alpha value is -3.10. The molecule has 190 valence electrons. The number of esters is 1. The number of benzene rings is 1. The Balaban J connectivity index is 1.54. The van der Waals surface area contributed by atoms with E-state index < -0.39 is 11.9 Å². The number of rotatable bonds is 7. The predicted molar refractivity (Wildman–Crippen MR) is 136 cm³/mol. The van der Waals surface area contributed by atoms with Gasteiger partial charge in [-0.2, -0.15) is 0 Å². The average Bonchev–Trinajstić information content (AvgIpc) is 3.60. The molecule has 1 N–H and O–H groups in total. The molecule has 8 heteroatoms. The van der Waals surface area contributed by atoms with Gasteiger partial charge in [0.05, 0.1) is 25.9 Å². The maximum absolute atomic E-state index is 13.7. The summed E-state index contributed by atoms with van der Waals surface area (Å²) in [5.41, 5.74) is 3.43. The number of thiophene rings is 1. The Bertz CT molecular complexity index is 1210. The van der Waals surface area contributed by atoms with Crippen LogP contribution < -0.4 is 14.8 Å². The molecule has 1 aromatic heterocycles. The lowest BCUT2D eigenvalue weighted by Crippen LogP contribution is -2.36. The van der Waals surface area contributed by atoms with E-state index in [2.05, 4.69) is 11.4 Å². The van der Waals surface area contributed by atoms with Crippen molar-refractivity contribution < 1.29 is 28.5 Å². The van der Waals surface area contributed by atoms with E-state index in [-0.39, 0.29) is 24.4 Å². The third kappa shape index (κ3) is 4.67. The van der Waals surface area contributed by atoms with Crippen LogP contribution in [0.1, 0.15) is 54.9 Å². The number of hydrogen-bond donors (Lipinski definition) is 1. The molecule has 5 rings (SSSR count). The summed E-state index contributed by atoms with van der Waals surface area (Å²) in [6, 6.07) is 9.64. The fourth-order valence-corrected chi connectivity index (χ4v) is 6.25. The Kier molecular flexibility index (Phi) is 7.16. The maximum atomic E-state index is 13.7. The lowest BCUT2D eigenvalue weighted by Gasteiger charge is -2.36. The number of allylic oxidation sites excluding steroid dienone is 3. The molecule has 3 atom stereocenters. The van der Waals surface area contributed by atoms with E-state index in [1.807, 2.05) is 36.6 Å². The van der Waals surface area contributed by atoms with Crippen molar-refractivity contribution in [2.75, 3.05) is 27.4 Å². The van der Waals surface area contributed by atoms with Gasteiger partial charge >= 0.3 is 5.97 Å². The van der Waals surface area contributed by atoms with Crippen LogP contribution in [-0.2, 0) is 19.1 Å². The zero-order chi connectivity index (χ0) is 25.2. The number of ketones is 1.